The summed E-state index contributed by atoms with van der Waals surface area (Å²) in [5.41, 5.74) is 2.18. The largest absolute Gasteiger partial charge is 0.354 e. The number of aromatic nitrogens is 4. The third kappa shape index (κ3) is 3.90. The van der Waals surface area contributed by atoms with Gasteiger partial charge in [-0.25, -0.2) is 0 Å². The van der Waals surface area contributed by atoms with Gasteiger partial charge in [0.2, 0.25) is 5.91 Å². The number of rotatable bonds is 6. The van der Waals surface area contributed by atoms with E-state index < -0.39 is 0 Å². The van der Waals surface area contributed by atoms with Crippen LogP contribution in [-0.4, -0.2) is 32.0 Å². The molecule has 0 radical (unpaired) electrons. The second-order valence-corrected chi connectivity index (χ2v) is 6.63. The fourth-order valence-electron chi connectivity index (χ4n) is 2.55. The molecule has 3 aromatic rings. The molecule has 0 fully saturated rings. The monoisotopic (exact) mass is 423 g/mol. The van der Waals surface area contributed by atoms with E-state index in [-0.39, 0.29) is 12.5 Å². The molecule has 0 bridgehead atoms. The molecule has 2 heterocycles. The number of halogens is 1. The Kier molecular flexibility index (Phi) is 4.94. The van der Waals surface area contributed by atoms with Gasteiger partial charge in [-0.2, -0.15) is 10.2 Å². The number of benzene rings is 1. The lowest BCUT2D eigenvalue weighted by atomic mass is 10.2. The molecule has 1 N–H and O–H groups in total. The third-order valence-corrected chi connectivity index (χ3v) is 4.18. The van der Waals surface area contributed by atoms with Gasteiger partial charge in [0.25, 0.3) is 0 Å². The zero-order valence-corrected chi connectivity index (χ0v) is 15.0. The molecule has 1 aromatic carbocycles. The van der Waals surface area contributed by atoms with Crippen molar-refractivity contribution in [3.05, 3.63) is 45.9 Å². The Bertz CT molecular complexity index is 823. The molecule has 0 atom stereocenters. The van der Waals surface area contributed by atoms with Crippen LogP contribution >= 0.6 is 22.6 Å². The molecule has 0 saturated carbocycles. The number of amides is 1. The standard InChI is InChI=1S/C16H18IN5O/c1-12-14-5-2-3-6-15(14)22(20-12)8-4-7-18-16(23)11-21-10-13(17)9-19-21/h2-3,5-6,9-10H,4,7-8,11H2,1H3,(H,18,23). The highest BCUT2D eigenvalue weighted by molar-refractivity contribution is 14.1. The maximum absolute atomic E-state index is 11.9. The molecular weight excluding hydrogens is 405 g/mol. The number of hydrogen-bond acceptors (Lipinski definition) is 3. The lowest BCUT2D eigenvalue weighted by Gasteiger charge is -2.06. The number of nitrogens with one attached hydrogen (secondary N) is 1. The molecule has 0 spiro atoms. The molecule has 0 unspecified atom stereocenters. The Morgan fingerprint density at radius 2 is 2.17 bits per heavy atom. The SMILES string of the molecule is Cc1nn(CCCNC(=O)Cn2cc(I)cn2)c2ccccc12. The molecule has 23 heavy (non-hydrogen) atoms. The predicted molar refractivity (Wildman–Crippen MR) is 97.0 cm³/mol. The van der Waals surface area contributed by atoms with Gasteiger partial charge in [-0.15, -0.1) is 0 Å². The summed E-state index contributed by atoms with van der Waals surface area (Å²) in [6, 6.07) is 8.21. The second kappa shape index (κ2) is 7.12. The van der Waals surface area contributed by atoms with Crippen molar-refractivity contribution in [1.29, 1.82) is 0 Å². The van der Waals surface area contributed by atoms with Crippen molar-refractivity contribution in [1.82, 2.24) is 24.9 Å². The first-order valence-corrected chi connectivity index (χ1v) is 8.58. The van der Waals surface area contributed by atoms with Gasteiger partial charge in [-0.05, 0) is 42.0 Å². The number of aryl methyl sites for hydroxylation is 2. The van der Waals surface area contributed by atoms with Gasteiger partial charge in [0.05, 0.1) is 21.0 Å². The number of fused-ring (bicyclic) bond motifs is 1. The minimum atomic E-state index is -0.0222. The molecule has 0 aliphatic heterocycles. The fourth-order valence-corrected chi connectivity index (χ4v) is 2.99. The van der Waals surface area contributed by atoms with E-state index >= 15 is 0 Å². The van der Waals surface area contributed by atoms with Crippen LogP contribution in [-0.2, 0) is 17.9 Å². The summed E-state index contributed by atoms with van der Waals surface area (Å²) in [6.07, 6.45) is 4.42. The Morgan fingerprint density at radius 3 is 2.96 bits per heavy atom. The summed E-state index contributed by atoms with van der Waals surface area (Å²) >= 11 is 2.17. The Morgan fingerprint density at radius 1 is 1.35 bits per heavy atom. The molecule has 0 aliphatic carbocycles. The van der Waals surface area contributed by atoms with Crippen molar-refractivity contribution in [2.24, 2.45) is 0 Å². The van der Waals surface area contributed by atoms with E-state index in [0.717, 1.165) is 27.7 Å². The second-order valence-electron chi connectivity index (χ2n) is 5.39. The zero-order valence-electron chi connectivity index (χ0n) is 12.9. The topological polar surface area (TPSA) is 64.7 Å². The summed E-state index contributed by atoms with van der Waals surface area (Å²) in [4.78, 5) is 11.9. The van der Waals surface area contributed by atoms with Crippen LogP contribution in [0, 0.1) is 10.5 Å². The van der Waals surface area contributed by atoms with Crippen LogP contribution in [0.3, 0.4) is 0 Å². The van der Waals surface area contributed by atoms with Gasteiger partial charge in [-0.3, -0.25) is 14.2 Å². The molecule has 120 valence electrons. The third-order valence-electron chi connectivity index (χ3n) is 3.62. The van der Waals surface area contributed by atoms with E-state index in [4.69, 9.17) is 0 Å². The van der Waals surface area contributed by atoms with E-state index in [2.05, 4.69) is 50.2 Å². The predicted octanol–water partition coefficient (Wildman–Crippen LogP) is 2.35. The Balaban J connectivity index is 1.48. The molecule has 3 rings (SSSR count). The number of nitrogens with zero attached hydrogens (tertiary/aromatic N) is 4. The average Bonchev–Trinajstić information content (AvgIpc) is 3.08. The smallest absolute Gasteiger partial charge is 0.241 e. The maximum atomic E-state index is 11.9. The van der Waals surface area contributed by atoms with Gasteiger partial charge in [0.15, 0.2) is 0 Å². The van der Waals surface area contributed by atoms with Gasteiger partial charge in [0.1, 0.15) is 6.54 Å². The van der Waals surface area contributed by atoms with E-state index in [1.165, 1.54) is 5.39 Å². The number of hydrogen-bond donors (Lipinski definition) is 1. The van der Waals surface area contributed by atoms with Gasteiger partial charge in [0, 0.05) is 24.7 Å². The van der Waals surface area contributed by atoms with Crippen molar-refractivity contribution in [3.8, 4) is 0 Å². The number of para-hydroxylation sites is 1. The number of carbonyl (C=O) groups excluding carboxylic acids is 1. The van der Waals surface area contributed by atoms with Crippen LogP contribution in [0.4, 0.5) is 0 Å². The van der Waals surface area contributed by atoms with Crippen molar-refractivity contribution >= 4 is 39.4 Å². The molecular formula is C16H18IN5O. The van der Waals surface area contributed by atoms with Crippen molar-refractivity contribution in [2.45, 2.75) is 26.4 Å². The summed E-state index contributed by atoms with van der Waals surface area (Å²) in [7, 11) is 0. The fraction of sp³-hybridized carbons (Fsp3) is 0.312. The van der Waals surface area contributed by atoms with Crippen LogP contribution in [0.2, 0.25) is 0 Å². The van der Waals surface area contributed by atoms with Crippen LogP contribution in [0.25, 0.3) is 10.9 Å². The number of carbonyl (C=O) groups is 1. The van der Waals surface area contributed by atoms with E-state index in [9.17, 15) is 4.79 Å². The van der Waals surface area contributed by atoms with Crippen LogP contribution in [0.1, 0.15) is 12.1 Å². The quantitative estimate of drug-likeness (QED) is 0.489. The lowest BCUT2D eigenvalue weighted by Crippen LogP contribution is -2.29. The first kappa shape index (κ1) is 16.0. The Labute approximate surface area is 148 Å². The van der Waals surface area contributed by atoms with Gasteiger partial charge < -0.3 is 5.32 Å². The molecule has 7 heteroatoms. The normalized spacial score (nSPS) is 11.0. The van der Waals surface area contributed by atoms with E-state index in [0.29, 0.717) is 6.54 Å². The first-order valence-electron chi connectivity index (χ1n) is 7.50. The summed E-state index contributed by atoms with van der Waals surface area (Å²) in [5, 5.41) is 12.8. The molecule has 0 saturated heterocycles. The highest BCUT2D eigenvalue weighted by atomic mass is 127. The zero-order chi connectivity index (χ0) is 16.2. The summed E-state index contributed by atoms with van der Waals surface area (Å²) < 4.78 is 4.67. The minimum absolute atomic E-state index is 0.0222. The van der Waals surface area contributed by atoms with Crippen molar-refractivity contribution in [2.75, 3.05) is 6.54 Å². The van der Waals surface area contributed by atoms with Crippen LogP contribution in [0.15, 0.2) is 36.7 Å². The van der Waals surface area contributed by atoms with Gasteiger partial charge in [-0.1, -0.05) is 18.2 Å². The van der Waals surface area contributed by atoms with Crippen LogP contribution < -0.4 is 5.32 Å². The van der Waals surface area contributed by atoms with Crippen LogP contribution in [0.5, 0.6) is 0 Å². The van der Waals surface area contributed by atoms with Crippen molar-refractivity contribution < 1.29 is 4.79 Å². The maximum Gasteiger partial charge on any atom is 0.241 e. The lowest BCUT2D eigenvalue weighted by molar-refractivity contribution is -0.121. The summed E-state index contributed by atoms with van der Waals surface area (Å²) in [6.45, 7) is 3.69. The average molecular weight is 423 g/mol. The van der Waals surface area contributed by atoms with E-state index in [1.54, 1.807) is 10.9 Å². The highest BCUT2D eigenvalue weighted by Crippen LogP contribution is 2.17. The van der Waals surface area contributed by atoms with Crippen molar-refractivity contribution in [3.63, 3.8) is 0 Å². The Hall–Kier alpha value is -1.90. The van der Waals surface area contributed by atoms with E-state index in [1.807, 2.05) is 29.9 Å². The minimum Gasteiger partial charge on any atom is -0.354 e. The first-order chi connectivity index (χ1) is 11.1. The molecule has 2 aromatic heterocycles. The molecule has 0 aliphatic rings. The molecule has 6 nitrogen and oxygen atoms in total. The molecule has 1 amide bonds. The van der Waals surface area contributed by atoms with Gasteiger partial charge >= 0.3 is 0 Å². The highest BCUT2D eigenvalue weighted by Gasteiger charge is 2.07. The summed E-state index contributed by atoms with van der Waals surface area (Å²) in [5.74, 6) is -0.0222.